The first-order chi connectivity index (χ1) is 15.9. The molecule has 3 fully saturated rings. The van der Waals surface area contributed by atoms with Gasteiger partial charge in [-0.2, -0.15) is 0 Å². The van der Waals surface area contributed by atoms with E-state index in [9.17, 15) is 29.1 Å². The predicted molar refractivity (Wildman–Crippen MR) is 119 cm³/mol. The molecule has 0 aromatic heterocycles. The van der Waals surface area contributed by atoms with Gasteiger partial charge in [-0.3, -0.25) is 24.0 Å². The van der Waals surface area contributed by atoms with Crippen LogP contribution in [0, 0.1) is 34.5 Å². The highest BCUT2D eigenvalue weighted by molar-refractivity contribution is 6.29. The van der Waals surface area contributed by atoms with E-state index >= 15 is 0 Å². The Labute approximate surface area is 198 Å². The number of Topliss-reactive ketones (excluding diaryl/α,β-unsaturated/α-hetero) is 1. The average Bonchev–Trinajstić information content (AvgIpc) is 3.05. The molecule has 8 nitrogen and oxygen atoms in total. The van der Waals surface area contributed by atoms with E-state index in [1.165, 1.54) is 0 Å². The Balaban J connectivity index is 1.73. The van der Waals surface area contributed by atoms with E-state index < -0.39 is 53.1 Å². The normalized spacial score (nSPS) is 42.6. The zero-order valence-corrected chi connectivity index (χ0v) is 19.8. The SMILES string of the molecule is C[C@H]1C[C@@H]2[C@H]([C@@H](O)C[C@@]3(C)[C@H]2CC[C@]3(OC(=O)CCC(=O)O)C(=O)C=O)[C@@]2(C)C=CC(=O)C=C12. The van der Waals surface area contributed by atoms with E-state index in [2.05, 4.69) is 6.92 Å². The lowest BCUT2D eigenvalue weighted by molar-refractivity contribution is -0.199. The lowest BCUT2D eigenvalue weighted by Crippen LogP contribution is -2.63. The predicted octanol–water partition coefficient (Wildman–Crippen LogP) is 2.43. The molecule has 0 bridgehead atoms. The fraction of sp³-hybridized carbons (Fsp3) is 0.654. The number of carbonyl (C=O) groups is 5. The van der Waals surface area contributed by atoms with Gasteiger partial charge >= 0.3 is 11.9 Å². The van der Waals surface area contributed by atoms with Crippen LogP contribution >= 0.6 is 0 Å². The number of allylic oxidation sites excluding steroid dienone is 4. The molecule has 4 rings (SSSR count). The number of hydrogen-bond donors (Lipinski definition) is 2. The zero-order chi connectivity index (χ0) is 25.1. The van der Waals surface area contributed by atoms with Gasteiger partial charge < -0.3 is 14.9 Å². The van der Waals surface area contributed by atoms with Crippen LogP contribution in [-0.2, 0) is 28.7 Å². The van der Waals surface area contributed by atoms with Crippen molar-refractivity contribution in [3.05, 3.63) is 23.8 Å². The number of ether oxygens (including phenoxy) is 1. The van der Waals surface area contributed by atoms with Crippen LogP contribution in [0.5, 0.6) is 0 Å². The van der Waals surface area contributed by atoms with Crippen molar-refractivity contribution < 1.29 is 38.9 Å². The van der Waals surface area contributed by atoms with Gasteiger partial charge in [0.1, 0.15) is 0 Å². The Hall–Kier alpha value is -2.61. The van der Waals surface area contributed by atoms with E-state index in [1.807, 2.05) is 19.9 Å². The van der Waals surface area contributed by atoms with Crippen LogP contribution in [0.15, 0.2) is 23.8 Å². The summed E-state index contributed by atoms with van der Waals surface area (Å²) >= 11 is 0. The number of aliphatic hydroxyl groups is 1. The number of esters is 1. The van der Waals surface area contributed by atoms with Gasteiger partial charge in [0.25, 0.3) is 0 Å². The summed E-state index contributed by atoms with van der Waals surface area (Å²) in [4.78, 5) is 60.3. The number of aliphatic hydroxyl groups excluding tert-OH is 1. The highest BCUT2D eigenvalue weighted by Gasteiger charge is 2.70. The third-order valence-corrected chi connectivity index (χ3v) is 9.27. The van der Waals surface area contributed by atoms with Gasteiger partial charge in [0.15, 0.2) is 17.7 Å². The molecule has 0 radical (unpaired) electrons. The summed E-state index contributed by atoms with van der Waals surface area (Å²) in [6.07, 6.45) is 5.19. The summed E-state index contributed by atoms with van der Waals surface area (Å²) in [6, 6.07) is 0. The van der Waals surface area contributed by atoms with E-state index in [1.54, 1.807) is 12.2 Å². The van der Waals surface area contributed by atoms with Crippen molar-refractivity contribution in [1.29, 1.82) is 0 Å². The third-order valence-electron chi connectivity index (χ3n) is 9.27. The molecular weight excluding hydrogens is 440 g/mol. The summed E-state index contributed by atoms with van der Waals surface area (Å²) in [5, 5.41) is 20.4. The summed E-state index contributed by atoms with van der Waals surface area (Å²) < 4.78 is 5.71. The van der Waals surface area contributed by atoms with E-state index in [0.717, 1.165) is 5.57 Å². The Kier molecular flexibility index (Phi) is 5.95. The Morgan fingerprint density at radius 2 is 1.94 bits per heavy atom. The quantitative estimate of drug-likeness (QED) is 0.342. The number of hydrogen-bond acceptors (Lipinski definition) is 7. The maximum Gasteiger partial charge on any atom is 0.307 e. The first kappa shape index (κ1) is 24.5. The number of carbonyl (C=O) groups excluding carboxylic acids is 4. The number of carboxylic acid groups (broad SMARTS) is 1. The second-order valence-electron chi connectivity index (χ2n) is 11.0. The van der Waals surface area contributed by atoms with Gasteiger partial charge in [-0.1, -0.05) is 32.4 Å². The van der Waals surface area contributed by atoms with Gasteiger partial charge in [0.2, 0.25) is 5.78 Å². The molecule has 4 aliphatic carbocycles. The van der Waals surface area contributed by atoms with Crippen LogP contribution in [0.2, 0.25) is 0 Å². The molecule has 0 saturated heterocycles. The molecule has 0 spiro atoms. The third kappa shape index (κ3) is 3.41. The Bertz CT molecular complexity index is 1010. The largest absolute Gasteiger partial charge is 0.481 e. The molecule has 3 saturated carbocycles. The van der Waals surface area contributed by atoms with Crippen molar-refractivity contribution in [2.45, 2.75) is 71.0 Å². The molecule has 0 aliphatic heterocycles. The van der Waals surface area contributed by atoms with Crippen LogP contribution < -0.4 is 0 Å². The summed E-state index contributed by atoms with van der Waals surface area (Å²) in [5.41, 5.74) is -2.19. The smallest absolute Gasteiger partial charge is 0.307 e. The lowest BCUT2D eigenvalue weighted by atomic mass is 9.44. The first-order valence-electron chi connectivity index (χ1n) is 12.0. The minimum absolute atomic E-state index is 0.0113. The maximum absolute atomic E-state index is 13.0. The van der Waals surface area contributed by atoms with Gasteiger partial charge in [-0.15, -0.1) is 0 Å². The summed E-state index contributed by atoms with van der Waals surface area (Å²) in [5.74, 6) is -3.09. The van der Waals surface area contributed by atoms with Crippen molar-refractivity contribution in [3.63, 3.8) is 0 Å². The Morgan fingerprint density at radius 3 is 2.59 bits per heavy atom. The highest BCUT2D eigenvalue weighted by Crippen LogP contribution is 2.68. The number of carboxylic acids is 1. The summed E-state index contributed by atoms with van der Waals surface area (Å²) in [6.45, 7) is 5.93. The van der Waals surface area contributed by atoms with Crippen LogP contribution in [0.25, 0.3) is 0 Å². The number of aldehydes is 1. The number of ketones is 2. The molecule has 8 atom stereocenters. The standard InChI is InChI=1S/C26H32O8/c1-14-10-16-17-7-9-26(20(30)13-27,34-22(33)5-4-21(31)32)25(17,3)12-19(29)23(16)24(2)8-6-15(28)11-18(14)24/h6,8,11,13-14,16-17,19,23,29H,4-5,7,9-10,12H2,1-3H3,(H,31,32)/t14-,16-,17-,19-,23+,24-,25-,26-/m0/s1. The fourth-order valence-corrected chi connectivity index (χ4v) is 7.91. The van der Waals surface area contributed by atoms with Crippen LogP contribution in [0.3, 0.4) is 0 Å². The van der Waals surface area contributed by atoms with E-state index in [4.69, 9.17) is 9.84 Å². The molecule has 8 heteroatoms. The monoisotopic (exact) mass is 472 g/mol. The molecule has 0 unspecified atom stereocenters. The second-order valence-corrected chi connectivity index (χ2v) is 11.0. The van der Waals surface area contributed by atoms with Crippen molar-refractivity contribution >= 4 is 29.8 Å². The van der Waals surface area contributed by atoms with Crippen molar-refractivity contribution in [2.75, 3.05) is 0 Å². The molecule has 0 aromatic rings. The second kappa shape index (κ2) is 8.26. The topological polar surface area (TPSA) is 135 Å². The highest BCUT2D eigenvalue weighted by atomic mass is 16.6. The van der Waals surface area contributed by atoms with E-state index in [0.29, 0.717) is 12.8 Å². The lowest BCUT2D eigenvalue weighted by Gasteiger charge is -2.60. The van der Waals surface area contributed by atoms with E-state index in [-0.39, 0.29) is 48.6 Å². The number of fused-ring (bicyclic) bond motifs is 5. The number of rotatable bonds is 6. The van der Waals surface area contributed by atoms with Gasteiger partial charge in [-0.25, -0.2) is 0 Å². The minimum Gasteiger partial charge on any atom is -0.481 e. The number of aliphatic carboxylic acids is 1. The van der Waals surface area contributed by atoms with Crippen molar-refractivity contribution in [1.82, 2.24) is 0 Å². The first-order valence-corrected chi connectivity index (χ1v) is 12.0. The van der Waals surface area contributed by atoms with Crippen LogP contribution in [0.1, 0.15) is 59.3 Å². The summed E-state index contributed by atoms with van der Waals surface area (Å²) in [7, 11) is 0. The molecule has 4 aliphatic rings. The average molecular weight is 473 g/mol. The molecule has 0 aromatic carbocycles. The molecule has 2 N–H and O–H groups in total. The maximum atomic E-state index is 13.0. The van der Waals surface area contributed by atoms with Gasteiger partial charge in [0.05, 0.1) is 18.9 Å². The van der Waals surface area contributed by atoms with Gasteiger partial charge in [0, 0.05) is 16.7 Å². The Morgan fingerprint density at radius 1 is 1.24 bits per heavy atom. The van der Waals surface area contributed by atoms with Crippen molar-refractivity contribution in [3.8, 4) is 0 Å². The zero-order valence-electron chi connectivity index (χ0n) is 19.8. The molecule has 0 heterocycles. The molecule has 34 heavy (non-hydrogen) atoms. The fourth-order valence-electron chi connectivity index (χ4n) is 7.91. The van der Waals surface area contributed by atoms with Crippen LogP contribution in [-0.4, -0.2) is 51.7 Å². The molecule has 184 valence electrons. The molecular formula is C26H32O8. The van der Waals surface area contributed by atoms with Gasteiger partial charge in [-0.05, 0) is 55.6 Å². The van der Waals surface area contributed by atoms with Crippen molar-refractivity contribution in [2.24, 2.45) is 34.5 Å². The minimum atomic E-state index is -1.72. The van der Waals surface area contributed by atoms with Crippen LogP contribution in [0.4, 0.5) is 0 Å². The molecule has 0 amide bonds.